The third-order valence-electron chi connectivity index (χ3n) is 1.86. The van der Waals surface area contributed by atoms with E-state index in [0.717, 1.165) is 5.69 Å². The molecule has 1 fully saturated rings. The average Bonchev–Trinajstić information content (AvgIpc) is 2.43. The predicted octanol–water partition coefficient (Wildman–Crippen LogP) is 0.816. The highest BCUT2D eigenvalue weighted by Gasteiger charge is 2.29. The highest BCUT2D eigenvalue weighted by atomic mass is 32.1. The smallest absolute Gasteiger partial charge is 0.273 e. The molecule has 0 atom stereocenters. The van der Waals surface area contributed by atoms with Crippen LogP contribution in [0.3, 0.4) is 0 Å². The molecular weight excluding hydrogens is 198 g/mol. The Hall–Kier alpha value is -1.75. The van der Waals surface area contributed by atoms with E-state index in [4.69, 9.17) is 12.2 Å². The van der Waals surface area contributed by atoms with Gasteiger partial charge in [-0.3, -0.25) is 20.0 Å². The van der Waals surface area contributed by atoms with Crippen LogP contribution in [-0.4, -0.2) is 16.0 Å². The number of thiocarbonyl (C=S) groups is 1. The fraction of sp³-hybridized carbons (Fsp3) is 0. The van der Waals surface area contributed by atoms with E-state index >= 15 is 0 Å². The Morgan fingerprint density at radius 2 is 2.36 bits per heavy atom. The molecule has 2 heterocycles. The normalized spacial score (nSPS) is 16.0. The van der Waals surface area contributed by atoms with Gasteiger partial charge in [0.1, 0.15) is 5.70 Å². The molecule has 1 aliphatic rings. The zero-order valence-electron chi connectivity index (χ0n) is 7.23. The van der Waals surface area contributed by atoms with Gasteiger partial charge < -0.3 is 0 Å². The molecule has 5 heteroatoms. The summed E-state index contributed by atoms with van der Waals surface area (Å²) in [6.45, 7) is 3.64. The largest absolute Gasteiger partial charge is 0.297 e. The van der Waals surface area contributed by atoms with Gasteiger partial charge in [-0.1, -0.05) is 6.58 Å². The van der Waals surface area contributed by atoms with E-state index in [0.29, 0.717) is 10.8 Å². The molecule has 0 bridgehead atoms. The monoisotopic (exact) mass is 205 g/mol. The molecule has 4 nitrogen and oxygen atoms in total. The molecule has 0 aliphatic carbocycles. The Kier molecular flexibility index (Phi) is 2.01. The zero-order valence-corrected chi connectivity index (χ0v) is 8.04. The topological polar surface area (TPSA) is 45.2 Å². The van der Waals surface area contributed by atoms with E-state index in [-0.39, 0.29) is 5.91 Å². The first-order chi connectivity index (χ1) is 6.70. The van der Waals surface area contributed by atoms with Gasteiger partial charge in [0.05, 0.1) is 11.9 Å². The summed E-state index contributed by atoms with van der Waals surface area (Å²) in [5.41, 5.74) is 1.06. The maximum absolute atomic E-state index is 11.2. The molecule has 0 radical (unpaired) electrons. The lowest BCUT2D eigenvalue weighted by Crippen LogP contribution is -2.26. The molecule has 1 aromatic heterocycles. The number of amides is 1. The van der Waals surface area contributed by atoms with Gasteiger partial charge in [0, 0.05) is 6.20 Å². The first kappa shape index (κ1) is 8.83. The van der Waals surface area contributed by atoms with Crippen molar-refractivity contribution in [1.82, 2.24) is 10.3 Å². The standard InChI is InChI=1S/C9H7N3OS/c1-6-8(13)11-9(14)12(6)7-3-2-4-10-5-7/h2-5H,1H2,(H,11,13,14). The Balaban J connectivity index is 2.41. The third-order valence-corrected chi connectivity index (χ3v) is 2.14. The summed E-state index contributed by atoms with van der Waals surface area (Å²) >= 11 is 4.98. The summed E-state index contributed by atoms with van der Waals surface area (Å²) in [6, 6.07) is 3.58. The van der Waals surface area contributed by atoms with Crippen molar-refractivity contribution in [3.05, 3.63) is 36.8 Å². The maximum atomic E-state index is 11.2. The lowest BCUT2D eigenvalue weighted by molar-refractivity contribution is -0.115. The van der Waals surface area contributed by atoms with E-state index < -0.39 is 0 Å². The molecule has 0 unspecified atom stereocenters. The van der Waals surface area contributed by atoms with Crippen molar-refractivity contribution in [2.75, 3.05) is 4.90 Å². The lowest BCUT2D eigenvalue weighted by atomic mass is 10.3. The van der Waals surface area contributed by atoms with Crippen LogP contribution in [-0.2, 0) is 4.79 Å². The SMILES string of the molecule is C=C1C(=O)NC(=S)N1c1cccnc1. The number of nitrogens with zero attached hydrogens (tertiary/aromatic N) is 2. The Labute approximate surface area is 86.2 Å². The number of rotatable bonds is 1. The summed E-state index contributed by atoms with van der Waals surface area (Å²) in [7, 11) is 0. The number of carbonyl (C=O) groups excluding carboxylic acids is 1. The quantitative estimate of drug-likeness (QED) is 0.544. The number of hydrogen-bond donors (Lipinski definition) is 1. The number of nitrogens with one attached hydrogen (secondary N) is 1. The second-order valence-electron chi connectivity index (χ2n) is 2.75. The van der Waals surface area contributed by atoms with Crippen LogP contribution in [0.15, 0.2) is 36.8 Å². The number of carbonyl (C=O) groups is 1. The van der Waals surface area contributed by atoms with Crippen LogP contribution in [0.5, 0.6) is 0 Å². The van der Waals surface area contributed by atoms with Crippen LogP contribution in [0.1, 0.15) is 0 Å². The van der Waals surface area contributed by atoms with Crippen LogP contribution >= 0.6 is 12.2 Å². The summed E-state index contributed by atoms with van der Waals surface area (Å²) in [4.78, 5) is 16.7. The summed E-state index contributed by atoms with van der Waals surface area (Å²) < 4.78 is 0. The van der Waals surface area contributed by atoms with Gasteiger partial charge in [0.15, 0.2) is 5.11 Å². The molecule has 1 N–H and O–H groups in total. The fourth-order valence-corrected chi connectivity index (χ4v) is 1.52. The van der Waals surface area contributed by atoms with Crippen LogP contribution in [0.4, 0.5) is 5.69 Å². The molecule has 0 spiro atoms. The number of aromatic nitrogens is 1. The van der Waals surface area contributed by atoms with E-state index in [1.807, 2.05) is 6.07 Å². The molecule has 1 saturated heterocycles. The van der Waals surface area contributed by atoms with Crippen molar-refractivity contribution in [3.63, 3.8) is 0 Å². The first-order valence-corrected chi connectivity index (χ1v) is 4.35. The van der Waals surface area contributed by atoms with Gasteiger partial charge in [-0.25, -0.2) is 0 Å². The number of anilines is 1. The molecule has 1 aliphatic heterocycles. The highest BCUT2D eigenvalue weighted by molar-refractivity contribution is 7.80. The molecule has 70 valence electrons. The van der Waals surface area contributed by atoms with Crippen molar-refractivity contribution in [2.24, 2.45) is 0 Å². The van der Waals surface area contributed by atoms with Gasteiger partial charge in [-0.2, -0.15) is 0 Å². The predicted molar refractivity (Wildman–Crippen MR) is 56.6 cm³/mol. The fourth-order valence-electron chi connectivity index (χ4n) is 1.21. The number of hydrogen-bond acceptors (Lipinski definition) is 3. The Morgan fingerprint density at radius 3 is 2.86 bits per heavy atom. The second-order valence-corrected chi connectivity index (χ2v) is 3.14. The van der Waals surface area contributed by atoms with Crippen molar-refractivity contribution in [1.29, 1.82) is 0 Å². The average molecular weight is 205 g/mol. The zero-order chi connectivity index (χ0) is 10.1. The minimum Gasteiger partial charge on any atom is -0.297 e. The molecule has 0 saturated carbocycles. The summed E-state index contributed by atoms with van der Waals surface area (Å²) in [5.74, 6) is -0.265. The molecular formula is C9H7N3OS. The maximum Gasteiger partial charge on any atom is 0.273 e. The van der Waals surface area contributed by atoms with Crippen molar-refractivity contribution >= 4 is 28.9 Å². The minimum absolute atomic E-state index is 0.265. The summed E-state index contributed by atoms with van der Waals surface area (Å²) in [5, 5.41) is 2.85. The van der Waals surface area contributed by atoms with Gasteiger partial charge in [0.25, 0.3) is 5.91 Å². The van der Waals surface area contributed by atoms with Crippen LogP contribution < -0.4 is 10.2 Å². The van der Waals surface area contributed by atoms with E-state index in [1.54, 1.807) is 23.4 Å². The summed E-state index contributed by atoms with van der Waals surface area (Å²) in [6.07, 6.45) is 3.28. The second kappa shape index (κ2) is 3.19. The first-order valence-electron chi connectivity index (χ1n) is 3.94. The Morgan fingerprint density at radius 1 is 1.57 bits per heavy atom. The molecule has 1 aromatic rings. The van der Waals surface area contributed by atoms with Crippen molar-refractivity contribution < 1.29 is 4.79 Å². The highest BCUT2D eigenvalue weighted by Crippen LogP contribution is 2.20. The molecule has 0 aromatic carbocycles. The van der Waals surface area contributed by atoms with Gasteiger partial charge in [0.2, 0.25) is 0 Å². The minimum atomic E-state index is -0.265. The third kappa shape index (κ3) is 1.27. The molecule has 1 amide bonds. The van der Waals surface area contributed by atoms with Crippen LogP contribution in [0.2, 0.25) is 0 Å². The Bertz CT molecular complexity index is 415. The molecule has 14 heavy (non-hydrogen) atoms. The van der Waals surface area contributed by atoms with Crippen molar-refractivity contribution in [3.8, 4) is 0 Å². The van der Waals surface area contributed by atoms with Gasteiger partial charge in [-0.15, -0.1) is 0 Å². The van der Waals surface area contributed by atoms with E-state index in [9.17, 15) is 4.79 Å². The van der Waals surface area contributed by atoms with Gasteiger partial charge >= 0.3 is 0 Å². The lowest BCUT2D eigenvalue weighted by Gasteiger charge is -2.15. The van der Waals surface area contributed by atoms with Crippen LogP contribution in [0.25, 0.3) is 0 Å². The number of pyridine rings is 1. The van der Waals surface area contributed by atoms with Crippen molar-refractivity contribution in [2.45, 2.75) is 0 Å². The van der Waals surface area contributed by atoms with Gasteiger partial charge in [-0.05, 0) is 24.4 Å². The molecule has 2 rings (SSSR count). The van der Waals surface area contributed by atoms with E-state index in [1.165, 1.54) is 0 Å². The van der Waals surface area contributed by atoms with E-state index in [2.05, 4.69) is 16.9 Å². The van der Waals surface area contributed by atoms with Crippen LogP contribution in [0, 0.1) is 0 Å².